The fraction of sp³-hybridized carbons (Fsp3) is 0.471. The third-order valence-corrected chi connectivity index (χ3v) is 4.48. The van der Waals surface area contributed by atoms with Gasteiger partial charge in [-0.3, -0.25) is 9.63 Å². The molecule has 1 fully saturated rings. The van der Waals surface area contributed by atoms with Crippen LogP contribution in [0.4, 0.5) is 13.2 Å². The van der Waals surface area contributed by atoms with Crippen LogP contribution in [0.25, 0.3) is 11.4 Å². The summed E-state index contributed by atoms with van der Waals surface area (Å²) in [5.74, 6) is -1.67. The molecule has 3 rings (SSSR count). The molecule has 0 aliphatic heterocycles. The summed E-state index contributed by atoms with van der Waals surface area (Å²) in [7, 11) is 1.43. The van der Waals surface area contributed by atoms with Crippen LogP contribution in [0, 0.1) is 11.3 Å². The van der Waals surface area contributed by atoms with Gasteiger partial charge < -0.3 is 4.52 Å². The first kappa shape index (κ1) is 18.4. The van der Waals surface area contributed by atoms with Crippen molar-refractivity contribution in [2.75, 3.05) is 7.11 Å². The molecule has 26 heavy (non-hydrogen) atoms. The molecule has 0 spiro atoms. The van der Waals surface area contributed by atoms with E-state index in [0.717, 1.165) is 12.0 Å². The summed E-state index contributed by atoms with van der Waals surface area (Å²) in [5, 5.41) is 4.64. The van der Waals surface area contributed by atoms with E-state index < -0.39 is 12.1 Å². The minimum Gasteiger partial charge on any atom is -0.329 e. The van der Waals surface area contributed by atoms with Gasteiger partial charge in [0.2, 0.25) is 11.7 Å². The second kappa shape index (κ2) is 6.39. The number of amides is 1. The van der Waals surface area contributed by atoms with Crippen molar-refractivity contribution in [1.82, 2.24) is 15.2 Å². The number of hydroxylamine groups is 2. The fourth-order valence-electron chi connectivity index (χ4n) is 2.68. The molecular weight excluding hydrogens is 351 g/mol. The lowest BCUT2D eigenvalue weighted by Crippen LogP contribution is -2.31. The molecular formula is C17H18F3N3O3. The van der Waals surface area contributed by atoms with Crippen molar-refractivity contribution in [1.29, 1.82) is 0 Å². The molecule has 2 aromatic rings. The zero-order valence-corrected chi connectivity index (χ0v) is 14.5. The molecule has 0 saturated heterocycles. The minimum atomic E-state index is -4.68. The maximum absolute atomic E-state index is 12.5. The summed E-state index contributed by atoms with van der Waals surface area (Å²) < 4.78 is 41.8. The Kier molecular flexibility index (Phi) is 4.51. The summed E-state index contributed by atoms with van der Waals surface area (Å²) in [6.45, 7) is 4.29. The van der Waals surface area contributed by atoms with Crippen LogP contribution in [-0.2, 0) is 22.4 Å². The lowest BCUT2D eigenvalue weighted by Gasteiger charge is -2.20. The maximum atomic E-state index is 12.5. The fourth-order valence-corrected chi connectivity index (χ4v) is 2.68. The summed E-state index contributed by atoms with van der Waals surface area (Å²) >= 11 is 0. The first-order chi connectivity index (χ1) is 12.1. The highest BCUT2D eigenvalue weighted by molar-refractivity contribution is 5.81. The van der Waals surface area contributed by atoms with E-state index in [2.05, 4.69) is 14.7 Å². The highest BCUT2D eigenvalue weighted by Crippen LogP contribution is 2.52. The molecule has 1 aliphatic rings. The SMILES string of the molecule is CON(Cc1ccc(-c2noc(C(F)(F)F)n2)cc1)C(=O)C1CC1(C)C. The van der Waals surface area contributed by atoms with Gasteiger partial charge in [-0.1, -0.05) is 43.3 Å². The van der Waals surface area contributed by atoms with Crippen LogP contribution in [0.3, 0.4) is 0 Å². The first-order valence-electron chi connectivity index (χ1n) is 7.97. The molecule has 1 heterocycles. The summed E-state index contributed by atoms with van der Waals surface area (Å²) in [6.07, 6.45) is -3.86. The van der Waals surface area contributed by atoms with E-state index in [1.165, 1.54) is 12.2 Å². The topological polar surface area (TPSA) is 68.5 Å². The average Bonchev–Trinajstić information content (AvgIpc) is 2.99. The van der Waals surface area contributed by atoms with Crippen LogP contribution in [0.2, 0.25) is 0 Å². The van der Waals surface area contributed by atoms with Gasteiger partial charge in [0, 0.05) is 11.5 Å². The van der Waals surface area contributed by atoms with Gasteiger partial charge in [0.25, 0.3) is 0 Å². The van der Waals surface area contributed by atoms with Crippen molar-refractivity contribution in [2.24, 2.45) is 11.3 Å². The first-order valence-corrected chi connectivity index (χ1v) is 7.97. The van der Waals surface area contributed by atoms with E-state index in [9.17, 15) is 18.0 Å². The number of carbonyl (C=O) groups is 1. The van der Waals surface area contributed by atoms with E-state index in [0.29, 0.717) is 5.56 Å². The lowest BCUT2D eigenvalue weighted by atomic mass is 10.1. The lowest BCUT2D eigenvalue weighted by molar-refractivity contribution is -0.181. The molecule has 1 aromatic heterocycles. The van der Waals surface area contributed by atoms with Crippen molar-refractivity contribution in [3.8, 4) is 11.4 Å². The van der Waals surface area contributed by atoms with Gasteiger partial charge in [-0.25, -0.2) is 5.06 Å². The largest absolute Gasteiger partial charge is 0.471 e. The number of rotatable bonds is 5. The Morgan fingerprint density at radius 2 is 1.96 bits per heavy atom. The Labute approximate surface area is 147 Å². The van der Waals surface area contributed by atoms with Crippen molar-refractivity contribution in [3.05, 3.63) is 35.7 Å². The third kappa shape index (κ3) is 3.72. The average molecular weight is 369 g/mol. The second-order valence-corrected chi connectivity index (χ2v) is 6.92. The quantitative estimate of drug-likeness (QED) is 0.752. The van der Waals surface area contributed by atoms with Crippen LogP contribution in [0.5, 0.6) is 0 Å². The van der Waals surface area contributed by atoms with Gasteiger partial charge in [-0.15, -0.1) is 0 Å². The molecule has 1 unspecified atom stereocenters. The van der Waals surface area contributed by atoms with E-state index in [1.807, 2.05) is 13.8 Å². The Balaban J connectivity index is 1.69. The number of hydrogen-bond acceptors (Lipinski definition) is 5. The van der Waals surface area contributed by atoms with Crippen molar-refractivity contribution in [2.45, 2.75) is 33.0 Å². The van der Waals surface area contributed by atoms with Crippen molar-refractivity contribution < 1.29 is 27.3 Å². The standard InChI is InChI=1S/C17H18F3N3O3/c1-16(2)8-12(16)14(24)23(25-3)9-10-4-6-11(7-5-10)13-21-15(26-22-13)17(18,19)20/h4-7,12H,8-9H2,1-3H3. The number of aromatic nitrogens is 2. The Hall–Kier alpha value is -2.42. The van der Waals surface area contributed by atoms with E-state index in [1.54, 1.807) is 24.3 Å². The molecule has 1 aromatic carbocycles. The van der Waals surface area contributed by atoms with Crippen LogP contribution < -0.4 is 0 Å². The van der Waals surface area contributed by atoms with Gasteiger partial charge in [-0.05, 0) is 17.4 Å². The van der Waals surface area contributed by atoms with Gasteiger partial charge >= 0.3 is 12.1 Å². The van der Waals surface area contributed by atoms with Crippen LogP contribution >= 0.6 is 0 Å². The molecule has 0 N–H and O–H groups in total. The Bertz CT molecular complexity index is 800. The summed E-state index contributed by atoms with van der Waals surface area (Å²) in [5.41, 5.74) is 1.14. The summed E-state index contributed by atoms with van der Waals surface area (Å²) in [4.78, 5) is 20.9. The number of carbonyl (C=O) groups excluding carboxylic acids is 1. The molecule has 140 valence electrons. The number of halogens is 3. The molecule has 0 bridgehead atoms. The van der Waals surface area contributed by atoms with Crippen LogP contribution in [0.15, 0.2) is 28.8 Å². The van der Waals surface area contributed by atoms with Crippen LogP contribution in [-0.4, -0.2) is 28.2 Å². The van der Waals surface area contributed by atoms with Crippen molar-refractivity contribution >= 4 is 5.91 Å². The Morgan fingerprint density at radius 1 is 1.35 bits per heavy atom. The second-order valence-electron chi connectivity index (χ2n) is 6.92. The normalized spacial score (nSPS) is 18.6. The molecule has 1 atom stereocenters. The molecule has 1 amide bonds. The van der Waals surface area contributed by atoms with Gasteiger partial charge in [-0.2, -0.15) is 18.2 Å². The predicted octanol–water partition coefficient (Wildman–Crippen LogP) is 3.69. The third-order valence-electron chi connectivity index (χ3n) is 4.48. The Morgan fingerprint density at radius 3 is 2.42 bits per heavy atom. The molecule has 0 radical (unpaired) electrons. The zero-order chi connectivity index (χ0) is 19.1. The molecule has 9 heteroatoms. The van der Waals surface area contributed by atoms with Gasteiger partial charge in [0.15, 0.2) is 0 Å². The minimum absolute atomic E-state index is 0.00741. The highest BCUT2D eigenvalue weighted by Gasteiger charge is 2.52. The summed E-state index contributed by atoms with van der Waals surface area (Å²) in [6, 6.07) is 6.49. The van der Waals surface area contributed by atoms with Gasteiger partial charge in [0.05, 0.1) is 13.7 Å². The zero-order valence-electron chi connectivity index (χ0n) is 14.5. The van der Waals surface area contributed by atoms with E-state index in [4.69, 9.17) is 4.84 Å². The number of nitrogens with zero attached hydrogens (tertiary/aromatic N) is 3. The van der Waals surface area contributed by atoms with E-state index in [-0.39, 0.29) is 29.6 Å². The van der Waals surface area contributed by atoms with Crippen molar-refractivity contribution in [3.63, 3.8) is 0 Å². The van der Waals surface area contributed by atoms with Gasteiger partial charge in [0.1, 0.15) is 0 Å². The number of alkyl halides is 3. The smallest absolute Gasteiger partial charge is 0.329 e. The highest BCUT2D eigenvalue weighted by atomic mass is 19.4. The van der Waals surface area contributed by atoms with Crippen LogP contribution in [0.1, 0.15) is 31.7 Å². The monoisotopic (exact) mass is 369 g/mol. The van der Waals surface area contributed by atoms with E-state index >= 15 is 0 Å². The number of benzene rings is 1. The maximum Gasteiger partial charge on any atom is 0.471 e. The predicted molar refractivity (Wildman–Crippen MR) is 84.2 cm³/mol. The molecule has 1 aliphatic carbocycles. The molecule has 1 saturated carbocycles. The molecule has 6 nitrogen and oxygen atoms in total. The number of hydrogen-bond donors (Lipinski definition) is 0.